The molecule has 0 radical (unpaired) electrons. The van der Waals surface area contributed by atoms with E-state index in [1.54, 1.807) is 19.3 Å². The number of carbonyl (C=O) groups is 1. The highest BCUT2D eigenvalue weighted by Crippen LogP contribution is 2.42. The van der Waals surface area contributed by atoms with Gasteiger partial charge in [0.25, 0.3) is 0 Å². The zero-order valence-electron chi connectivity index (χ0n) is 14.4. The molecule has 0 aliphatic heterocycles. The summed E-state index contributed by atoms with van der Waals surface area (Å²) in [5.41, 5.74) is 3.96. The van der Waals surface area contributed by atoms with Crippen LogP contribution >= 0.6 is 15.9 Å². The molecule has 3 heteroatoms. The molecule has 0 aliphatic carbocycles. The highest BCUT2D eigenvalue weighted by atomic mass is 79.9. The van der Waals surface area contributed by atoms with Crippen molar-refractivity contribution < 1.29 is 4.79 Å². The molecule has 0 saturated carbocycles. The third kappa shape index (κ3) is 3.57. The molecule has 0 fully saturated rings. The molecule has 126 valence electrons. The van der Waals surface area contributed by atoms with Crippen LogP contribution in [0.3, 0.4) is 0 Å². The molecule has 1 heterocycles. The highest BCUT2D eigenvalue weighted by Gasteiger charge is 2.37. The van der Waals surface area contributed by atoms with Gasteiger partial charge in [-0.05, 0) is 54.8 Å². The van der Waals surface area contributed by atoms with Crippen LogP contribution in [0.25, 0.3) is 0 Å². The lowest BCUT2D eigenvalue weighted by Crippen LogP contribution is -2.32. The molecule has 3 rings (SSSR count). The largest absolute Gasteiger partial charge is 0.300 e. The summed E-state index contributed by atoms with van der Waals surface area (Å²) < 4.78 is 1.02. The van der Waals surface area contributed by atoms with E-state index in [9.17, 15) is 4.79 Å². The molecule has 1 atom stereocenters. The monoisotopic (exact) mass is 393 g/mol. The minimum absolute atomic E-state index is 0.153. The van der Waals surface area contributed by atoms with Crippen molar-refractivity contribution in [1.29, 1.82) is 0 Å². The first-order valence-electron chi connectivity index (χ1n) is 8.25. The summed E-state index contributed by atoms with van der Waals surface area (Å²) in [5.74, 6) is 0.153. The predicted octanol–water partition coefficient (Wildman–Crippen LogP) is 5.47. The SMILES string of the molecule is CC(=O)C[C@@](c1ccncc1)(c1ccc(C)cc1)c1ccc(Br)cc1. The molecule has 0 unspecified atom stereocenters. The molecule has 0 spiro atoms. The standard InChI is InChI=1S/C22H20BrNO/c1-16-3-5-18(6-4-16)22(15-17(2)25,20-11-13-24-14-12-20)19-7-9-21(23)10-8-19/h3-14H,15H2,1-2H3/t22-/m1/s1. The lowest BCUT2D eigenvalue weighted by Gasteiger charge is -2.35. The van der Waals surface area contributed by atoms with Crippen LogP contribution in [0.4, 0.5) is 0 Å². The Morgan fingerprint density at radius 2 is 1.36 bits per heavy atom. The van der Waals surface area contributed by atoms with Crippen molar-refractivity contribution >= 4 is 21.7 Å². The van der Waals surface area contributed by atoms with Gasteiger partial charge in [-0.2, -0.15) is 0 Å². The molecule has 2 aromatic carbocycles. The number of halogens is 1. The molecule has 1 aromatic heterocycles. The Morgan fingerprint density at radius 1 is 0.880 bits per heavy atom. The Labute approximate surface area is 157 Å². The second-order valence-electron chi connectivity index (χ2n) is 6.39. The molecule has 25 heavy (non-hydrogen) atoms. The van der Waals surface area contributed by atoms with Gasteiger partial charge in [0.05, 0.1) is 5.41 Å². The number of aromatic nitrogens is 1. The van der Waals surface area contributed by atoms with Crippen LogP contribution in [0.15, 0.2) is 77.5 Å². The summed E-state index contributed by atoms with van der Waals surface area (Å²) in [7, 11) is 0. The van der Waals surface area contributed by atoms with Crippen molar-refractivity contribution in [2.45, 2.75) is 25.7 Å². The van der Waals surface area contributed by atoms with Gasteiger partial charge < -0.3 is 0 Å². The van der Waals surface area contributed by atoms with Crippen molar-refractivity contribution in [2.24, 2.45) is 0 Å². The first-order valence-corrected chi connectivity index (χ1v) is 9.05. The zero-order chi connectivity index (χ0) is 17.9. The smallest absolute Gasteiger partial charge is 0.131 e. The molecule has 0 N–H and O–H groups in total. The first-order chi connectivity index (χ1) is 12.0. The van der Waals surface area contributed by atoms with Gasteiger partial charge in [0, 0.05) is 23.3 Å². The Bertz CT molecular complexity index is 809. The number of aryl methyl sites for hydroxylation is 1. The van der Waals surface area contributed by atoms with Crippen LogP contribution in [0.1, 0.15) is 35.6 Å². The summed E-state index contributed by atoms with van der Waals surface area (Å²) in [6.45, 7) is 3.73. The Morgan fingerprint density at radius 3 is 1.88 bits per heavy atom. The Kier molecular flexibility index (Phi) is 5.14. The van der Waals surface area contributed by atoms with Crippen molar-refractivity contribution in [3.05, 3.63) is 99.8 Å². The third-order valence-corrected chi connectivity index (χ3v) is 5.10. The lowest BCUT2D eigenvalue weighted by atomic mass is 9.67. The fourth-order valence-corrected chi connectivity index (χ4v) is 3.65. The lowest BCUT2D eigenvalue weighted by molar-refractivity contribution is -0.117. The van der Waals surface area contributed by atoms with Gasteiger partial charge in [-0.1, -0.05) is 57.9 Å². The van der Waals surface area contributed by atoms with Crippen molar-refractivity contribution in [1.82, 2.24) is 4.98 Å². The van der Waals surface area contributed by atoms with Gasteiger partial charge in [0.2, 0.25) is 0 Å². The number of Topliss-reactive ketones (excluding diaryl/α,β-unsaturated/α-hetero) is 1. The minimum Gasteiger partial charge on any atom is -0.300 e. The van der Waals surface area contributed by atoms with Crippen molar-refractivity contribution in [3.8, 4) is 0 Å². The molecule has 0 bridgehead atoms. The van der Waals surface area contributed by atoms with E-state index in [0.717, 1.165) is 21.2 Å². The van der Waals surface area contributed by atoms with Gasteiger partial charge >= 0.3 is 0 Å². The number of carbonyl (C=O) groups excluding carboxylic acids is 1. The van der Waals surface area contributed by atoms with E-state index in [-0.39, 0.29) is 5.78 Å². The van der Waals surface area contributed by atoms with E-state index in [4.69, 9.17) is 0 Å². The molecule has 0 amide bonds. The number of hydrogen-bond donors (Lipinski definition) is 0. The average Bonchev–Trinajstić information content (AvgIpc) is 2.62. The molecular formula is C22H20BrNO. The summed E-state index contributed by atoms with van der Waals surface area (Å²) in [6, 6.07) is 20.7. The number of nitrogens with zero attached hydrogens (tertiary/aromatic N) is 1. The van der Waals surface area contributed by atoms with E-state index in [1.807, 2.05) is 24.3 Å². The molecule has 3 aromatic rings. The zero-order valence-corrected chi connectivity index (χ0v) is 16.0. The van der Waals surface area contributed by atoms with Crippen LogP contribution in [-0.4, -0.2) is 10.8 Å². The Balaban J connectivity index is 2.32. The van der Waals surface area contributed by atoms with Crippen molar-refractivity contribution in [3.63, 3.8) is 0 Å². The average molecular weight is 394 g/mol. The minimum atomic E-state index is -0.525. The van der Waals surface area contributed by atoms with Crippen LogP contribution in [0, 0.1) is 6.92 Å². The van der Waals surface area contributed by atoms with E-state index in [2.05, 4.69) is 64.2 Å². The van der Waals surface area contributed by atoms with Gasteiger partial charge in [-0.25, -0.2) is 0 Å². The number of hydrogen-bond acceptors (Lipinski definition) is 2. The second kappa shape index (κ2) is 7.32. The fraction of sp³-hybridized carbons (Fsp3) is 0.182. The third-order valence-electron chi connectivity index (χ3n) is 4.57. The summed E-state index contributed by atoms with van der Waals surface area (Å²) in [4.78, 5) is 16.4. The van der Waals surface area contributed by atoms with Gasteiger partial charge in [-0.15, -0.1) is 0 Å². The van der Waals surface area contributed by atoms with Crippen LogP contribution in [0.5, 0.6) is 0 Å². The highest BCUT2D eigenvalue weighted by molar-refractivity contribution is 9.10. The molecule has 0 aliphatic rings. The first kappa shape index (κ1) is 17.6. The van der Waals surface area contributed by atoms with Gasteiger partial charge in [0.15, 0.2) is 0 Å². The van der Waals surface area contributed by atoms with E-state index < -0.39 is 5.41 Å². The quantitative estimate of drug-likeness (QED) is 0.575. The van der Waals surface area contributed by atoms with E-state index in [0.29, 0.717) is 6.42 Å². The molecule has 2 nitrogen and oxygen atoms in total. The van der Waals surface area contributed by atoms with E-state index in [1.165, 1.54) is 5.56 Å². The Hall–Kier alpha value is -2.26. The number of rotatable bonds is 5. The van der Waals surface area contributed by atoms with Crippen LogP contribution in [0.2, 0.25) is 0 Å². The van der Waals surface area contributed by atoms with Gasteiger partial charge in [0.1, 0.15) is 5.78 Å². The van der Waals surface area contributed by atoms with E-state index >= 15 is 0 Å². The van der Waals surface area contributed by atoms with Crippen molar-refractivity contribution in [2.75, 3.05) is 0 Å². The second-order valence-corrected chi connectivity index (χ2v) is 7.31. The maximum Gasteiger partial charge on any atom is 0.131 e. The summed E-state index contributed by atoms with van der Waals surface area (Å²) in [6.07, 6.45) is 3.98. The van der Waals surface area contributed by atoms with Crippen LogP contribution < -0.4 is 0 Å². The molecule has 0 saturated heterocycles. The maximum absolute atomic E-state index is 12.3. The predicted molar refractivity (Wildman–Crippen MR) is 105 cm³/mol. The number of pyridine rings is 1. The number of benzene rings is 2. The molecular weight excluding hydrogens is 374 g/mol. The summed E-state index contributed by atoms with van der Waals surface area (Å²) in [5, 5.41) is 0. The number of ketones is 1. The summed E-state index contributed by atoms with van der Waals surface area (Å²) >= 11 is 3.51. The van der Waals surface area contributed by atoms with Crippen LogP contribution in [-0.2, 0) is 10.2 Å². The normalized spacial score (nSPS) is 13.2. The fourth-order valence-electron chi connectivity index (χ4n) is 3.39. The topological polar surface area (TPSA) is 30.0 Å². The maximum atomic E-state index is 12.3. The van der Waals surface area contributed by atoms with Gasteiger partial charge in [-0.3, -0.25) is 9.78 Å².